The van der Waals surface area contributed by atoms with Crippen LogP contribution in [-0.4, -0.2) is 33.6 Å². The highest BCUT2D eigenvalue weighted by molar-refractivity contribution is 7.99. The molecule has 2 N–H and O–H groups in total. The molecule has 94 valence electrons. The van der Waals surface area contributed by atoms with E-state index in [0.29, 0.717) is 24.8 Å². The number of aromatic nitrogens is 3. The van der Waals surface area contributed by atoms with E-state index in [1.165, 1.54) is 18.9 Å². The Morgan fingerprint density at radius 2 is 2.35 bits per heavy atom. The number of esters is 1. The van der Waals surface area contributed by atoms with Gasteiger partial charge in [0.25, 0.3) is 0 Å². The van der Waals surface area contributed by atoms with E-state index in [1.807, 2.05) is 0 Å². The summed E-state index contributed by atoms with van der Waals surface area (Å²) in [5.74, 6) is 1.28. The number of thioether (sulfide) groups is 1. The van der Waals surface area contributed by atoms with Gasteiger partial charge in [0.1, 0.15) is 5.82 Å². The Bertz CT molecular complexity index is 403. The first-order chi connectivity index (χ1) is 8.26. The molecule has 1 aliphatic rings. The molecule has 17 heavy (non-hydrogen) atoms. The Labute approximate surface area is 104 Å². The Kier molecular flexibility index (Phi) is 4.01. The third-order valence-electron chi connectivity index (χ3n) is 2.59. The molecule has 0 atom stereocenters. The van der Waals surface area contributed by atoms with Crippen molar-refractivity contribution in [1.82, 2.24) is 14.8 Å². The van der Waals surface area contributed by atoms with Crippen molar-refractivity contribution in [1.29, 1.82) is 0 Å². The number of carbonyl (C=O) groups excluding carboxylic acids is 1. The lowest BCUT2D eigenvalue weighted by molar-refractivity contribution is -0.140. The van der Waals surface area contributed by atoms with Crippen LogP contribution in [0.3, 0.4) is 0 Å². The van der Waals surface area contributed by atoms with Gasteiger partial charge >= 0.3 is 5.97 Å². The summed E-state index contributed by atoms with van der Waals surface area (Å²) < 4.78 is 6.69. The van der Waals surface area contributed by atoms with Gasteiger partial charge in [-0.3, -0.25) is 4.79 Å². The predicted octanol–water partition coefficient (Wildman–Crippen LogP) is 0.727. The first-order valence-electron chi connectivity index (χ1n) is 5.59. The standard InChI is InChI=1S/C10H16N4O2S/c1-16-9(15)4-5-17-10-13-12-8(6-11)14(10)7-2-3-7/h7H,2-6,11H2,1H3. The van der Waals surface area contributed by atoms with E-state index in [0.717, 1.165) is 23.8 Å². The molecular formula is C10H16N4O2S. The number of ether oxygens (including phenoxy) is 1. The van der Waals surface area contributed by atoms with Gasteiger partial charge in [0.05, 0.1) is 20.1 Å². The van der Waals surface area contributed by atoms with Crippen molar-refractivity contribution >= 4 is 17.7 Å². The smallest absolute Gasteiger partial charge is 0.306 e. The first-order valence-corrected chi connectivity index (χ1v) is 6.58. The third kappa shape index (κ3) is 2.98. The van der Waals surface area contributed by atoms with Gasteiger partial charge < -0.3 is 15.0 Å². The van der Waals surface area contributed by atoms with E-state index in [-0.39, 0.29) is 5.97 Å². The zero-order chi connectivity index (χ0) is 12.3. The lowest BCUT2D eigenvalue weighted by Gasteiger charge is -2.06. The van der Waals surface area contributed by atoms with Gasteiger partial charge in [-0.25, -0.2) is 0 Å². The van der Waals surface area contributed by atoms with Crippen LogP contribution >= 0.6 is 11.8 Å². The summed E-state index contributed by atoms with van der Waals surface area (Å²) in [4.78, 5) is 11.0. The average molecular weight is 256 g/mol. The molecule has 0 amide bonds. The minimum absolute atomic E-state index is 0.200. The molecule has 1 fully saturated rings. The normalized spacial score (nSPS) is 14.9. The van der Waals surface area contributed by atoms with Crippen LogP contribution in [0.1, 0.15) is 31.1 Å². The minimum Gasteiger partial charge on any atom is -0.469 e. The molecule has 1 aromatic rings. The summed E-state index contributed by atoms with van der Waals surface area (Å²) in [6.45, 7) is 0.404. The number of carbonyl (C=O) groups is 1. The number of hydrogen-bond acceptors (Lipinski definition) is 6. The predicted molar refractivity (Wildman–Crippen MR) is 63.5 cm³/mol. The topological polar surface area (TPSA) is 83.0 Å². The summed E-state index contributed by atoms with van der Waals surface area (Å²) in [6, 6.07) is 0.504. The summed E-state index contributed by atoms with van der Waals surface area (Å²) in [5, 5.41) is 9.04. The lowest BCUT2D eigenvalue weighted by Crippen LogP contribution is -2.08. The number of rotatable bonds is 6. The highest BCUT2D eigenvalue weighted by Crippen LogP contribution is 2.38. The zero-order valence-corrected chi connectivity index (χ0v) is 10.6. The van der Waals surface area contributed by atoms with Crippen molar-refractivity contribution in [3.8, 4) is 0 Å². The highest BCUT2D eigenvalue weighted by atomic mass is 32.2. The van der Waals surface area contributed by atoms with Crippen molar-refractivity contribution in [3.05, 3.63) is 5.82 Å². The van der Waals surface area contributed by atoms with E-state index in [9.17, 15) is 4.79 Å². The summed E-state index contributed by atoms with van der Waals surface area (Å²) >= 11 is 1.53. The molecule has 0 aliphatic heterocycles. The Morgan fingerprint density at radius 3 is 2.94 bits per heavy atom. The quantitative estimate of drug-likeness (QED) is 0.596. The van der Waals surface area contributed by atoms with Crippen molar-refractivity contribution in [2.45, 2.75) is 37.0 Å². The number of nitrogens with two attached hydrogens (primary N) is 1. The van der Waals surface area contributed by atoms with Gasteiger partial charge in [-0.15, -0.1) is 10.2 Å². The first kappa shape index (κ1) is 12.4. The molecular weight excluding hydrogens is 240 g/mol. The van der Waals surface area contributed by atoms with Crippen LogP contribution in [0, 0.1) is 0 Å². The van der Waals surface area contributed by atoms with Crippen LogP contribution in [0.25, 0.3) is 0 Å². The largest absolute Gasteiger partial charge is 0.469 e. The molecule has 0 bridgehead atoms. The van der Waals surface area contributed by atoms with Gasteiger partial charge in [-0.2, -0.15) is 0 Å². The molecule has 0 unspecified atom stereocenters. The molecule has 1 heterocycles. The summed E-state index contributed by atoms with van der Waals surface area (Å²) in [7, 11) is 1.40. The van der Waals surface area contributed by atoms with Crippen molar-refractivity contribution in [3.63, 3.8) is 0 Å². The number of methoxy groups -OCH3 is 1. The second kappa shape index (κ2) is 5.50. The average Bonchev–Trinajstić information content (AvgIpc) is 3.10. The SMILES string of the molecule is COC(=O)CCSc1nnc(CN)n1C1CC1. The number of nitrogens with zero attached hydrogens (tertiary/aromatic N) is 3. The molecule has 2 rings (SSSR count). The van der Waals surface area contributed by atoms with E-state index in [4.69, 9.17) is 5.73 Å². The molecule has 7 heteroatoms. The van der Waals surface area contributed by atoms with E-state index < -0.39 is 0 Å². The van der Waals surface area contributed by atoms with Crippen LogP contribution in [0.5, 0.6) is 0 Å². The summed E-state index contributed by atoms with van der Waals surface area (Å²) in [5.41, 5.74) is 5.62. The zero-order valence-electron chi connectivity index (χ0n) is 9.76. The van der Waals surface area contributed by atoms with Gasteiger partial charge in [0.15, 0.2) is 5.16 Å². The van der Waals surface area contributed by atoms with Crippen LogP contribution in [-0.2, 0) is 16.1 Å². The van der Waals surface area contributed by atoms with E-state index in [1.54, 1.807) is 0 Å². The Morgan fingerprint density at radius 1 is 1.59 bits per heavy atom. The van der Waals surface area contributed by atoms with Gasteiger partial charge in [0, 0.05) is 11.8 Å². The second-order valence-corrected chi connectivity index (χ2v) is 4.94. The molecule has 1 saturated carbocycles. The van der Waals surface area contributed by atoms with Crippen LogP contribution in [0.4, 0.5) is 0 Å². The van der Waals surface area contributed by atoms with Crippen molar-refractivity contribution in [2.75, 3.05) is 12.9 Å². The second-order valence-electron chi connectivity index (χ2n) is 3.88. The molecule has 1 aliphatic carbocycles. The fourth-order valence-electron chi connectivity index (χ4n) is 1.57. The highest BCUT2D eigenvalue weighted by Gasteiger charge is 2.29. The maximum absolute atomic E-state index is 11.0. The van der Waals surface area contributed by atoms with Gasteiger partial charge in [0.2, 0.25) is 0 Å². The third-order valence-corrected chi connectivity index (χ3v) is 3.54. The maximum Gasteiger partial charge on any atom is 0.306 e. The Hall–Kier alpha value is -1.08. The fraction of sp³-hybridized carbons (Fsp3) is 0.700. The molecule has 6 nitrogen and oxygen atoms in total. The molecule has 1 aromatic heterocycles. The van der Waals surface area contributed by atoms with Gasteiger partial charge in [-0.1, -0.05) is 11.8 Å². The molecule has 0 aromatic carbocycles. The van der Waals surface area contributed by atoms with E-state index in [2.05, 4.69) is 19.5 Å². The summed E-state index contributed by atoms with van der Waals surface area (Å²) in [6.07, 6.45) is 2.71. The van der Waals surface area contributed by atoms with Crippen molar-refractivity contribution < 1.29 is 9.53 Å². The molecule has 0 radical (unpaired) electrons. The monoisotopic (exact) mass is 256 g/mol. The van der Waals surface area contributed by atoms with Crippen LogP contribution in [0.2, 0.25) is 0 Å². The minimum atomic E-state index is -0.200. The van der Waals surface area contributed by atoms with Crippen molar-refractivity contribution in [2.24, 2.45) is 5.73 Å². The van der Waals surface area contributed by atoms with Crippen LogP contribution < -0.4 is 5.73 Å². The number of hydrogen-bond donors (Lipinski definition) is 1. The Balaban J connectivity index is 1.96. The van der Waals surface area contributed by atoms with Crippen LogP contribution in [0.15, 0.2) is 5.16 Å². The maximum atomic E-state index is 11.0. The molecule has 0 spiro atoms. The van der Waals surface area contributed by atoms with Gasteiger partial charge in [-0.05, 0) is 12.8 Å². The molecule has 0 saturated heterocycles. The van der Waals surface area contributed by atoms with E-state index >= 15 is 0 Å². The lowest BCUT2D eigenvalue weighted by atomic mass is 10.5. The fourth-order valence-corrected chi connectivity index (χ4v) is 2.52.